The van der Waals surface area contributed by atoms with Crippen LogP contribution >= 0.6 is 0 Å². The molecule has 1 atom stereocenters. The number of ether oxygens (including phenoxy) is 2. The largest absolute Gasteiger partial charge is 0.497 e. The summed E-state index contributed by atoms with van der Waals surface area (Å²) in [5.74, 6) is 0.778. The van der Waals surface area contributed by atoms with Crippen molar-refractivity contribution in [3.8, 4) is 5.75 Å². The SMILES string of the molecule is COc1ccc(C2CC(c3ccccc3)=NN2C(=O)CN(C)Cc2ccccc2N2CCOCC2)cc1. The highest BCUT2D eigenvalue weighted by Crippen LogP contribution is 2.34. The fourth-order valence-electron chi connectivity index (χ4n) is 5.04. The number of nitrogens with zero attached hydrogens (tertiary/aromatic N) is 4. The van der Waals surface area contributed by atoms with Crippen LogP contribution in [0.3, 0.4) is 0 Å². The molecule has 0 N–H and O–H groups in total. The molecule has 0 bridgehead atoms. The van der Waals surface area contributed by atoms with E-state index >= 15 is 0 Å². The van der Waals surface area contributed by atoms with Crippen LogP contribution in [-0.4, -0.2) is 68.5 Å². The van der Waals surface area contributed by atoms with E-state index in [-0.39, 0.29) is 18.5 Å². The Bertz CT molecular complexity index is 1220. The summed E-state index contributed by atoms with van der Waals surface area (Å²) >= 11 is 0. The van der Waals surface area contributed by atoms with Crippen LogP contribution in [0.1, 0.15) is 29.2 Å². The third-order valence-electron chi connectivity index (χ3n) is 6.96. The monoisotopic (exact) mass is 498 g/mol. The van der Waals surface area contributed by atoms with Crippen molar-refractivity contribution >= 4 is 17.3 Å². The van der Waals surface area contributed by atoms with Crippen LogP contribution < -0.4 is 9.64 Å². The Kier molecular flexibility index (Phi) is 7.82. The van der Waals surface area contributed by atoms with Crippen LogP contribution in [-0.2, 0) is 16.1 Å². The van der Waals surface area contributed by atoms with E-state index in [9.17, 15) is 4.79 Å². The molecule has 2 aliphatic heterocycles. The van der Waals surface area contributed by atoms with Crippen LogP contribution in [0.5, 0.6) is 5.75 Å². The van der Waals surface area contributed by atoms with Gasteiger partial charge in [0.15, 0.2) is 0 Å². The first kappa shape index (κ1) is 25.0. The summed E-state index contributed by atoms with van der Waals surface area (Å²) < 4.78 is 10.9. The standard InChI is InChI=1S/C30H34N4O3/c1-32(21-25-10-6-7-11-28(25)33-16-18-37-19-17-33)22-30(35)34-29(24-12-14-26(36-2)15-13-24)20-27(31-34)23-8-4-3-5-9-23/h3-15,29H,16-22H2,1-2H3. The van der Waals surface area contributed by atoms with Gasteiger partial charge in [0.2, 0.25) is 0 Å². The van der Waals surface area contributed by atoms with Crippen molar-refractivity contribution in [2.75, 3.05) is 51.9 Å². The van der Waals surface area contributed by atoms with Gasteiger partial charge in [0.25, 0.3) is 5.91 Å². The molecule has 7 heteroatoms. The zero-order valence-corrected chi connectivity index (χ0v) is 21.5. The van der Waals surface area contributed by atoms with E-state index in [4.69, 9.17) is 14.6 Å². The third-order valence-corrected chi connectivity index (χ3v) is 6.96. The summed E-state index contributed by atoms with van der Waals surface area (Å²) in [6, 6.07) is 26.3. The second-order valence-electron chi connectivity index (χ2n) is 9.54. The van der Waals surface area contributed by atoms with Gasteiger partial charge in [0.1, 0.15) is 5.75 Å². The summed E-state index contributed by atoms with van der Waals surface area (Å²) in [6.45, 7) is 4.20. The van der Waals surface area contributed by atoms with Crippen molar-refractivity contribution in [1.29, 1.82) is 0 Å². The molecule has 2 heterocycles. The first-order valence-electron chi connectivity index (χ1n) is 12.8. The highest BCUT2D eigenvalue weighted by molar-refractivity contribution is 6.03. The Hall–Kier alpha value is -3.68. The number of carbonyl (C=O) groups excluding carboxylic acids is 1. The molecule has 192 valence electrons. The quantitative estimate of drug-likeness (QED) is 0.463. The van der Waals surface area contributed by atoms with Crippen molar-refractivity contribution in [1.82, 2.24) is 9.91 Å². The van der Waals surface area contributed by atoms with E-state index in [1.165, 1.54) is 11.3 Å². The number of rotatable bonds is 8. The van der Waals surface area contributed by atoms with Crippen molar-refractivity contribution in [3.05, 3.63) is 95.6 Å². The normalized spacial score (nSPS) is 17.7. The molecule has 1 saturated heterocycles. The summed E-state index contributed by atoms with van der Waals surface area (Å²) in [5, 5.41) is 6.51. The van der Waals surface area contributed by atoms with Crippen molar-refractivity contribution in [2.45, 2.75) is 19.0 Å². The zero-order chi connectivity index (χ0) is 25.6. The van der Waals surface area contributed by atoms with Gasteiger partial charge in [-0.3, -0.25) is 9.69 Å². The fraction of sp³-hybridized carbons (Fsp3) is 0.333. The van der Waals surface area contributed by atoms with Gasteiger partial charge in [-0.05, 0) is 41.9 Å². The van der Waals surface area contributed by atoms with Crippen LogP contribution in [0.4, 0.5) is 5.69 Å². The molecule has 2 aliphatic rings. The number of para-hydroxylation sites is 1. The zero-order valence-electron chi connectivity index (χ0n) is 21.5. The number of benzene rings is 3. The third kappa shape index (κ3) is 5.84. The number of likely N-dealkylation sites (N-methyl/N-ethyl adjacent to an activating group) is 1. The summed E-state index contributed by atoms with van der Waals surface area (Å²) in [7, 11) is 3.65. The molecular weight excluding hydrogens is 464 g/mol. The molecule has 0 aliphatic carbocycles. The molecule has 3 aromatic rings. The number of amides is 1. The van der Waals surface area contributed by atoms with E-state index in [1.807, 2.05) is 61.6 Å². The Labute approximate surface area is 218 Å². The molecule has 0 radical (unpaired) electrons. The second-order valence-corrected chi connectivity index (χ2v) is 9.54. The maximum Gasteiger partial charge on any atom is 0.257 e. The highest BCUT2D eigenvalue weighted by atomic mass is 16.5. The topological polar surface area (TPSA) is 57.6 Å². The predicted octanol–water partition coefficient (Wildman–Crippen LogP) is 4.34. The number of methoxy groups -OCH3 is 1. The smallest absolute Gasteiger partial charge is 0.257 e. The Balaban J connectivity index is 1.33. The van der Waals surface area contributed by atoms with Gasteiger partial charge in [0, 0.05) is 31.7 Å². The minimum absolute atomic E-state index is 0.0156. The number of hydrazone groups is 1. The van der Waals surface area contributed by atoms with E-state index in [1.54, 1.807) is 12.1 Å². The average Bonchev–Trinajstić information content (AvgIpc) is 3.40. The number of anilines is 1. The minimum Gasteiger partial charge on any atom is -0.497 e. The van der Waals surface area contributed by atoms with Crippen LogP contribution in [0.2, 0.25) is 0 Å². The van der Waals surface area contributed by atoms with Gasteiger partial charge in [-0.25, -0.2) is 5.01 Å². The molecule has 1 unspecified atom stereocenters. The molecule has 7 nitrogen and oxygen atoms in total. The molecule has 37 heavy (non-hydrogen) atoms. The Morgan fingerprint density at radius 1 is 1.00 bits per heavy atom. The van der Waals surface area contributed by atoms with Gasteiger partial charge in [-0.15, -0.1) is 0 Å². The van der Waals surface area contributed by atoms with Gasteiger partial charge in [0.05, 0.1) is 38.6 Å². The molecule has 5 rings (SSSR count). The molecule has 3 aromatic carbocycles. The minimum atomic E-state index is -0.150. The van der Waals surface area contributed by atoms with Gasteiger partial charge >= 0.3 is 0 Å². The summed E-state index contributed by atoms with van der Waals surface area (Å²) in [6.07, 6.45) is 0.672. The van der Waals surface area contributed by atoms with E-state index in [0.717, 1.165) is 48.9 Å². The lowest BCUT2D eigenvalue weighted by Crippen LogP contribution is -2.38. The first-order valence-corrected chi connectivity index (χ1v) is 12.8. The second kappa shape index (κ2) is 11.6. The Morgan fingerprint density at radius 2 is 1.70 bits per heavy atom. The lowest BCUT2D eigenvalue weighted by atomic mass is 9.98. The van der Waals surface area contributed by atoms with Gasteiger partial charge < -0.3 is 14.4 Å². The maximum atomic E-state index is 13.6. The number of morpholine rings is 1. The first-order chi connectivity index (χ1) is 18.1. The molecular formula is C30H34N4O3. The maximum absolute atomic E-state index is 13.6. The summed E-state index contributed by atoms with van der Waals surface area (Å²) in [4.78, 5) is 18.1. The average molecular weight is 499 g/mol. The van der Waals surface area contributed by atoms with Gasteiger partial charge in [-0.2, -0.15) is 5.10 Å². The molecule has 0 aromatic heterocycles. The predicted molar refractivity (Wildman–Crippen MR) is 146 cm³/mol. The number of hydrogen-bond acceptors (Lipinski definition) is 6. The molecule has 1 fully saturated rings. The fourth-order valence-corrected chi connectivity index (χ4v) is 5.04. The lowest BCUT2D eigenvalue weighted by molar-refractivity contribution is -0.134. The van der Waals surface area contributed by atoms with Crippen LogP contribution in [0.15, 0.2) is 84.0 Å². The van der Waals surface area contributed by atoms with E-state index < -0.39 is 0 Å². The number of carbonyl (C=O) groups is 1. The van der Waals surface area contributed by atoms with E-state index in [2.05, 4.69) is 34.1 Å². The van der Waals surface area contributed by atoms with Crippen molar-refractivity contribution in [2.24, 2.45) is 5.10 Å². The number of hydrogen-bond donors (Lipinski definition) is 0. The highest BCUT2D eigenvalue weighted by Gasteiger charge is 2.33. The van der Waals surface area contributed by atoms with Crippen molar-refractivity contribution in [3.63, 3.8) is 0 Å². The Morgan fingerprint density at radius 3 is 2.43 bits per heavy atom. The summed E-state index contributed by atoms with van der Waals surface area (Å²) in [5.41, 5.74) is 5.44. The van der Waals surface area contributed by atoms with Crippen LogP contribution in [0.25, 0.3) is 0 Å². The molecule has 0 spiro atoms. The lowest BCUT2D eigenvalue weighted by Gasteiger charge is -2.31. The molecule has 0 saturated carbocycles. The van der Waals surface area contributed by atoms with Crippen molar-refractivity contribution < 1.29 is 14.3 Å². The van der Waals surface area contributed by atoms with Crippen LogP contribution in [0, 0.1) is 0 Å². The van der Waals surface area contributed by atoms with E-state index in [0.29, 0.717) is 13.0 Å². The van der Waals surface area contributed by atoms with Gasteiger partial charge in [-0.1, -0.05) is 60.7 Å². The molecule has 1 amide bonds.